The maximum Gasteiger partial charge on any atom is 0.261 e. The summed E-state index contributed by atoms with van der Waals surface area (Å²) >= 11 is 17.6. The molecule has 0 bridgehead atoms. The van der Waals surface area contributed by atoms with Crippen molar-refractivity contribution in [3.8, 4) is 5.75 Å². The topological polar surface area (TPSA) is 363 Å². The molecule has 0 aliphatic carbocycles. The fourth-order valence-corrected chi connectivity index (χ4v) is 8.75. The molecule has 27 heteroatoms. The molecule has 0 saturated heterocycles. The summed E-state index contributed by atoms with van der Waals surface area (Å²) in [5.41, 5.74) is 12.2. The van der Waals surface area contributed by atoms with E-state index in [1.165, 1.54) is 69.0 Å². The molecule has 12 N–H and O–H groups in total. The second-order valence-electron chi connectivity index (χ2n) is 19.6. The van der Waals surface area contributed by atoms with Crippen molar-refractivity contribution in [2.75, 3.05) is 31.9 Å². The van der Waals surface area contributed by atoms with Crippen molar-refractivity contribution in [2.24, 2.45) is 26.9 Å². The number of hydrogen-bond acceptors (Lipinski definition) is 14. The van der Waals surface area contributed by atoms with Gasteiger partial charge in [-0.25, -0.2) is 0 Å². The molecule has 0 radical (unpaired) electrons. The van der Waals surface area contributed by atoms with Gasteiger partial charge < -0.3 is 59.0 Å². The van der Waals surface area contributed by atoms with E-state index in [0.29, 0.717) is 65.7 Å². The van der Waals surface area contributed by atoms with Crippen molar-refractivity contribution in [2.45, 2.75) is 27.7 Å². The van der Waals surface area contributed by atoms with Gasteiger partial charge in [0, 0.05) is 81.8 Å². The van der Waals surface area contributed by atoms with Crippen molar-refractivity contribution >= 4 is 128 Å². The quantitative estimate of drug-likeness (QED) is 0.0319. The molecular formula is C62H57Cl3N16O8. The van der Waals surface area contributed by atoms with Gasteiger partial charge in [-0.15, -0.1) is 0 Å². The highest BCUT2D eigenvalue weighted by Gasteiger charge is 2.24. The zero-order valence-electron chi connectivity index (χ0n) is 48.6. The molecule has 0 aliphatic rings. The number of carbonyl (C=O) groups excluding carboxylic acids is 7. The third-order valence-corrected chi connectivity index (χ3v) is 13.8. The van der Waals surface area contributed by atoms with E-state index in [2.05, 4.69) is 47.2 Å². The first-order chi connectivity index (χ1) is 42.2. The van der Waals surface area contributed by atoms with Crippen LogP contribution in [0.3, 0.4) is 0 Å². The summed E-state index contributed by atoms with van der Waals surface area (Å²) in [4.78, 5) is 87.7. The number of nitrogens with one attached hydrogen (secondary N) is 9. The van der Waals surface area contributed by atoms with Crippen LogP contribution in [0, 0.1) is 23.2 Å². The number of carbonyl (C=O) groups is 7. The fourth-order valence-electron chi connectivity index (χ4n) is 8.19. The number of phenols is 1. The van der Waals surface area contributed by atoms with Crippen molar-refractivity contribution in [1.82, 2.24) is 29.3 Å². The maximum atomic E-state index is 12.8. The van der Waals surface area contributed by atoms with E-state index in [1.54, 1.807) is 133 Å². The highest BCUT2D eigenvalue weighted by Crippen LogP contribution is 2.29. The van der Waals surface area contributed by atoms with Gasteiger partial charge in [0.15, 0.2) is 0 Å². The van der Waals surface area contributed by atoms with Crippen molar-refractivity contribution in [3.63, 3.8) is 0 Å². The van der Waals surface area contributed by atoms with E-state index in [-0.39, 0.29) is 62.7 Å². The summed E-state index contributed by atoms with van der Waals surface area (Å²) in [5, 5.41) is 62.2. The third-order valence-electron chi connectivity index (χ3n) is 13.1. The minimum absolute atomic E-state index is 0.0527. The number of aromatic nitrogens is 6. The van der Waals surface area contributed by atoms with Gasteiger partial charge in [0.2, 0.25) is 0 Å². The van der Waals surface area contributed by atoms with Gasteiger partial charge in [-0.3, -0.25) is 47.6 Å². The molecule has 454 valence electrons. The Kier molecular flexibility index (Phi) is 21.2. The molecule has 3 heterocycles. The molecule has 9 aromatic rings. The Morgan fingerprint density at radius 3 is 1.02 bits per heavy atom. The van der Waals surface area contributed by atoms with Gasteiger partial charge in [0.05, 0.1) is 35.5 Å². The standard InChI is InChI=1S/C21H19ClN6O3.C21H20ClN5O2.C20H18ClN5O3/c1-11(23)12-3-5-13(6-4-12)20(30)27-19-16(10-25-28(19)2)21(31)26-17-8-7-14(22)9-15(17)18(24)29;1-12-10-16(22)8-9-18(12)25-21(29)17-11-24-27(3)19(17)26-20(28)15-6-4-14(5-7-15)13(2)23;1-11(22)12-3-5-13(6-4-12)19(28)25-18-15(10-23-26(18)2)20(29)24-16-8-7-14(21)9-17(16)27/h3-10,23H,1-2H3,(H2,24,29)(H,26,31)(H,27,30);4-11,23H,1-3H3,(H,25,29)(H,26,28);3-10,22,27H,1-2H3,(H,24,29)(H,25,28). The summed E-state index contributed by atoms with van der Waals surface area (Å²) < 4.78 is 4.14. The number of amides is 7. The minimum atomic E-state index is -0.749. The summed E-state index contributed by atoms with van der Waals surface area (Å²) in [6, 6.07) is 33.5. The number of hydrogen-bond donors (Lipinski definition) is 11. The highest BCUT2D eigenvalue weighted by molar-refractivity contribution is 6.32. The molecule has 0 saturated carbocycles. The van der Waals surface area contributed by atoms with Gasteiger partial charge in [-0.05, 0) is 135 Å². The Hall–Kier alpha value is -11.1. The molecule has 6 aromatic carbocycles. The average Bonchev–Trinajstić information content (AvgIpc) is 2.28. The number of rotatable bonds is 16. The smallest absolute Gasteiger partial charge is 0.261 e. The molecule has 0 spiro atoms. The molecule has 89 heavy (non-hydrogen) atoms. The van der Waals surface area contributed by atoms with Gasteiger partial charge >= 0.3 is 0 Å². The predicted octanol–water partition coefficient (Wildman–Crippen LogP) is 11.0. The summed E-state index contributed by atoms with van der Waals surface area (Å²) in [6.07, 6.45) is 4.02. The summed E-state index contributed by atoms with van der Waals surface area (Å²) in [7, 11) is 4.81. The molecule has 0 fully saturated rings. The predicted molar refractivity (Wildman–Crippen MR) is 343 cm³/mol. The van der Waals surface area contributed by atoms with Gasteiger partial charge in [0.25, 0.3) is 41.4 Å². The van der Waals surface area contributed by atoms with Crippen LogP contribution in [0.5, 0.6) is 5.75 Å². The first kappa shape index (κ1) is 65.5. The molecule has 9 rings (SSSR count). The number of primary amides is 1. The number of aromatic hydroxyl groups is 1. The van der Waals surface area contributed by atoms with E-state index in [9.17, 15) is 38.7 Å². The Bertz CT molecular complexity index is 4090. The summed E-state index contributed by atoms with van der Waals surface area (Å²) in [6.45, 7) is 6.83. The van der Waals surface area contributed by atoms with Gasteiger partial charge in [-0.2, -0.15) is 15.3 Å². The lowest BCUT2D eigenvalue weighted by Gasteiger charge is -2.11. The molecule has 0 unspecified atom stereocenters. The van der Waals surface area contributed by atoms with Crippen LogP contribution in [-0.4, -0.2) is 92.9 Å². The van der Waals surface area contributed by atoms with Crippen LogP contribution in [-0.2, 0) is 21.1 Å². The van der Waals surface area contributed by atoms with Gasteiger partial charge in [-0.1, -0.05) is 71.2 Å². The average molecular weight is 1260 g/mol. The second kappa shape index (κ2) is 28.9. The number of phenolic OH excluding ortho intramolecular Hbond substituents is 1. The van der Waals surface area contributed by atoms with Gasteiger partial charge in [0.1, 0.15) is 39.9 Å². The molecule has 0 atom stereocenters. The number of nitrogens with zero attached hydrogens (tertiary/aromatic N) is 6. The summed E-state index contributed by atoms with van der Waals surface area (Å²) in [5.74, 6) is -3.06. The van der Waals surface area contributed by atoms with Crippen molar-refractivity contribution in [3.05, 3.63) is 222 Å². The van der Waals surface area contributed by atoms with E-state index in [0.717, 1.165) is 11.1 Å². The van der Waals surface area contributed by atoms with Crippen LogP contribution >= 0.6 is 34.8 Å². The van der Waals surface area contributed by atoms with Crippen LogP contribution in [0.1, 0.15) is 116 Å². The third kappa shape index (κ3) is 16.7. The molecule has 3 aromatic heterocycles. The largest absolute Gasteiger partial charge is 0.506 e. The maximum absolute atomic E-state index is 12.8. The Morgan fingerprint density at radius 1 is 0.404 bits per heavy atom. The Morgan fingerprint density at radius 2 is 0.697 bits per heavy atom. The zero-order chi connectivity index (χ0) is 65.0. The van der Waals surface area contributed by atoms with E-state index in [1.807, 2.05) is 6.92 Å². The number of benzene rings is 6. The molecule has 7 amide bonds. The molecular weight excluding hydrogens is 1200 g/mol. The monoisotopic (exact) mass is 1260 g/mol. The van der Waals surface area contributed by atoms with Crippen LogP contribution in [0.2, 0.25) is 15.1 Å². The number of halogens is 3. The van der Waals surface area contributed by atoms with Crippen LogP contribution in [0.15, 0.2) is 146 Å². The Labute approximate surface area is 523 Å². The van der Waals surface area contributed by atoms with Crippen LogP contribution in [0.25, 0.3) is 0 Å². The van der Waals surface area contributed by atoms with Crippen LogP contribution in [0.4, 0.5) is 34.5 Å². The molecule has 24 nitrogen and oxygen atoms in total. The lowest BCUT2D eigenvalue weighted by Crippen LogP contribution is -2.21. The lowest BCUT2D eigenvalue weighted by molar-refractivity contribution is 0.0993. The Balaban J connectivity index is 0.000000190. The fraction of sp³-hybridized carbons (Fsp3) is 0.113. The lowest BCUT2D eigenvalue weighted by atomic mass is 10.1. The van der Waals surface area contributed by atoms with Crippen molar-refractivity contribution in [1.29, 1.82) is 16.2 Å². The zero-order valence-corrected chi connectivity index (χ0v) is 50.8. The molecule has 0 aliphatic heterocycles. The number of nitrogens with two attached hydrogens (primary N) is 1. The number of aryl methyl sites for hydroxylation is 4. The van der Waals surface area contributed by atoms with Crippen molar-refractivity contribution < 1.29 is 38.7 Å². The first-order valence-electron chi connectivity index (χ1n) is 26.4. The second-order valence-corrected chi connectivity index (χ2v) is 20.9. The van der Waals surface area contributed by atoms with E-state index < -0.39 is 35.4 Å². The minimum Gasteiger partial charge on any atom is -0.506 e. The first-order valence-corrected chi connectivity index (χ1v) is 27.6. The van der Waals surface area contributed by atoms with E-state index in [4.69, 9.17) is 56.8 Å². The SMILES string of the molecule is CC(=N)c1ccc(C(=O)Nc2c(C(=O)Nc3ccc(Cl)cc3C(N)=O)cnn2C)cc1.CC(=N)c1ccc(C(=O)Nc2c(C(=O)Nc3ccc(Cl)cc3C)cnn2C)cc1.CC(=N)c1ccc(C(=O)Nc2c(C(=O)Nc3ccc(Cl)cc3O)cnn2C)cc1. The number of anilines is 6. The normalized spacial score (nSPS) is 10.4. The highest BCUT2D eigenvalue weighted by atomic mass is 35.5. The van der Waals surface area contributed by atoms with E-state index >= 15 is 0 Å². The van der Waals surface area contributed by atoms with Crippen LogP contribution < -0.4 is 37.6 Å².